The predicted octanol–water partition coefficient (Wildman–Crippen LogP) is 2.78. The van der Waals surface area contributed by atoms with Crippen LogP contribution in [0.2, 0.25) is 0 Å². The Morgan fingerprint density at radius 3 is 2.46 bits per heavy atom. The lowest BCUT2D eigenvalue weighted by Gasteiger charge is -2.35. The van der Waals surface area contributed by atoms with E-state index in [2.05, 4.69) is 17.3 Å². The Balaban J connectivity index is 1.86. The second-order valence-corrected chi connectivity index (χ2v) is 5.88. The fourth-order valence-corrected chi connectivity index (χ4v) is 2.61. The van der Waals surface area contributed by atoms with Gasteiger partial charge in [-0.15, -0.1) is 0 Å². The van der Waals surface area contributed by atoms with Gasteiger partial charge in [0, 0.05) is 18.8 Å². The van der Waals surface area contributed by atoms with E-state index < -0.39 is 6.16 Å². The summed E-state index contributed by atoms with van der Waals surface area (Å²) >= 11 is 0. The Morgan fingerprint density at radius 1 is 1.25 bits per heavy atom. The molecule has 1 aromatic rings. The molecule has 1 heterocycles. The number of ether oxygens (including phenoxy) is 2. The summed E-state index contributed by atoms with van der Waals surface area (Å²) in [6.07, 6.45) is 1.22. The van der Waals surface area contributed by atoms with E-state index in [1.807, 2.05) is 7.05 Å². The summed E-state index contributed by atoms with van der Waals surface area (Å²) in [6.45, 7) is 3.97. The van der Waals surface area contributed by atoms with Crippen molar-refractivity contribution in [3.8, 4) is 5.75 Å². The Bertz CT molecular complexity index is 553. The molecule has 132 valence electrons. The first kappa shape index (κ1) is 18.1. The van der Waals surface area contributed by atoms with Gasteiger partial charge in [0.2, 0.25) is 0 Å². The SMILES string of the molecule is CCOC(=O)Oc1ccc(NC(=O)N(C)C2CCN(C)CC2)cc1. The Labute approximate surface area is 142 Å². The minimum Gasteiger partial charge on any atom is -0.434 e. The van der Waals surface area contributed by atoms with Gasteiger partial charge in [-0.1, -0.05) is 0 Å². The zero-order valence-corrected chi connectivity index (χ0v) is 14.4. The van der Waals surface area contributed by atoms with Crippen LogP contribution in [-0.2, 0) is 4.74 Å². The first-order valence-electron chi connectivity index (χ1n) is 8.16. The molecular weight excluding hydrogens is 310 g/mol. The molecule has 0 radical (unpaired) electrons. The second kappa shape index (κ2) is 8.54. The summed E-state index contributed by atoms with van der Waals surface area (Å²) in [6, 6.07) is 6.73. The van der Waals surface area contributed by atoms with Crippen LogP contribution in [0, 0.1) is 0 Å². The maximum absolute atomic E-state index is 12.3. The molecule has 1 aliphatic rings. The molecule has 0 atom stereocenters. The van der Waals surface area contributed by atoms with Crippen molar-refractivity contribution in [1.29, 1.82) is 0 Å². The summed E-state index contributed by atoms with van der Waals surface area (Å²) < 4.78 is 9.68. The lowest BCUT2D eigenvalue weighted by molar-refractivity contribution is 0.104. The van der Waals surface area contributed by atoms with Gasteiger partial charge in [0.15, 0.2) is 0 Å². The summed E-state index contributed by atoms with van der Waals surface area (Å²) in [7, 11) is 3.92. The standard InChI is InChI=1S/C17H25N3O4/c1-4-23-17(22)24-15-7-5-13(6-8-15)18-16(21)20(3)14-9-11-19(2)12-10-14/h5-8,14H,4,9-12H2,1-3H3,(H,18,21). The number of urea groups is 1. The number of amides is 2. The van der Waals surface area contributed by atoms with Crippen molar-refractivity contribution < 1.29 is 19.1 Å². The number of nitrogens with one attached hydrogen (secondary N) is 1. The molecule has 0 aromatic heterocycles. The first-order valence-corrected chi connectivity index (χ1v) is 8.16. The van der Waals surface area contributed by atoms with Crippen LogP contribution < -0.4 is 10.1 Å². The molecule has 1 aromatic carbocycles. The van der Waals surface area contributed by atoms with Crippen molar-refractivity contribution in [1.82, 2.24) is 9.80 Å². The maximum Gasteiger partial charge on any atom is 0.513 e. The van der Waals surface area contributed by atoms with E-state index in [0.29, 0.717) is 11.4 Å². The van der Waals surface area contributed by atoms with Crippen molar-refractivity contribution in [3.63, 3.8) is 0 Å². The van der Waals surface area contributed by atoms with Gasteiger partial charge in [-0.3, -0.25) is 0 Å². The molecule has 0 aliphatic carbocycles. The molecule has 7 nitrogen and oxygen atoms in total. The van der Waals surface area contributed by atoms with Gasteiger partial charge in [-0.25, -0.2) is 9.59 Å². The minimum absolute atomic E-state index is 0.136. The third-order valence-electron chi connectivity index (χ3n) is 4.13. The summed E-state index contributed by atoms with van der Waals surface area (Å²) in [5, 5.41) is 2.86. The number of hydrogen-bond donors (Lipinski definition) is 1. The van der Waals surface area contributed by atoms with E-state index in [1.165, 1.54) is 0 Å². The summed E-state index contributed by atoms with van der Waals surface area (Å²) in [5.74, 6) is 0.370. The van der Waals surface area contributed by atoms with Crippen LogP contribution in [-0.4, -0.2) is 61.8 Å². The number of nitrogens with zero attached hydrogens (tertiary/aromatic N) is 2. The normalized spacial score (nSPS) is 15.6. The number of rotatable bonds is 4. The van der Waals surface area contributed by atoms with Gasteiger partial charge in [-0.05, 0) is 64.2 Å². The largest absolute Gasteiger partial charge is 0.513 e. The van der Waals surface area contributed by atoms with E-state index in [1.54, 1.807) is 36.1 Å². The Kier molecular flexibility index (Phi) is 6.43. The second-order valence-electron chi connectivity index (χ2n) is 5.88. The van der Waals surface area contributed by atoms with Crippen molar-refractivity contribution >= 4 is 17.9 Å². The van der Waals surface area contributed by atoms with Crippen LogP contribution in [0.5, 0.6) is 5.75 Å². The van der Waals surface area contributed by atoms with Crippen molar-refractivity contribution in [2.45, 2.75) is 25.8 Å². The molecule has 2 rings (SSSR count). The van der Waals surface area contributed by atoms with Gasteiger partial charge in [-0.2, -0.15) is 0 Å². The third kappa shape index (κ3) is 5.13. The molecular formula is C17H25N3O4. The number of hydrogen-bond acceptors (Lipinski definition) is 5. The Morgan fingerprint density at radius 2 is 1.88 bits per heavy atom. The highest BCUT2D eigenvalue weighted by atomic mass is 16.7. The number of anilines is 1. The zero-order chi connectivity index (χ0) is 17.5. The van der Waals surface area contributed by atoms with E-state index in [-0.39, 0.29) is 18.7 Å². The lowest BCUT2D eigenvalue weighted by atomic mass is 10.0. The average Bonchev–Trinajstić information content (AvgIpc) is 2.57. The van der Waals surface area contributed by atoms with Gasteiger partial charge >= 0.3 is 12.2 Å². The fraction of sp³-hybridized carbons (Fsp3) is 0.529. The van der Waals surface area contributed by atoms with Crippen LogP contribution in [0.1, 0.15) is 19.8 Å². The van der Waals surface area contributed by atoms with Crippen LogP contribution in [0.15, 0.2) is 24.3 Å². The average molecular weight is 335 g/mol. The van der Waals surface area contributed by atoms with Crippen molar-refractivity contribution in [2.75, 3.05) is 39.1 Å². The molecule has 2 amide bonds. The van der Waals surface area contributed by atoms with Crippen molar-refractivity contribution in [3.05, 3.63) is 24.3 Å². The molecule has 24 heavy (non-hydrogen) atoms. The number of carbonyl (C=O) groups excluding carboxylic acids is 2. The smallest absolute Gasteiger partial charge is 0.434 e. The highest BCUT2D eigenvalue weighted by Crippen LogP contribution is 2.18. The molecule has 0 saturated carbocycles. The topological polar surface area (TPSA) is 71.1 Å². The highest BCUT2D eigenvalue weighted by Gasteiger charge is 2.23. The molecule has 1 aliphatic heterocycles. The van der Waals surface area contributed by atoms with Crippen LogP contribution in [0.3, 0.4) is 0 Å². The highest BCUT2D eigenvalue weighted by molar-refractivity contribution is 5.89. The van der Waals surface area contributed by atoms with Crippen LogP contribution >= 0.6 is 0 Å². The van der Waals surface area contributed by atoms with Gasteiger partial charge in [0.05, 0.1) is 6.61 Å². The predicted molar refractivity (Wildman–Crippen MR) is 91.4 cm³/mol. The zero-order valence-electron chi connectivity index (χ0n) is 14.4. The lowest BCUT2D eigenvalue weighted by Crippen LogP contribution is -2.46. The molecule has 0 spiro atoms. The number of carbonyl (C=O) groups is 2. The van der Waals surface area contributed by atoms with E-state index in [9.17, 15) is 9.59 Å². The molecule has 1 saturated heterocycles. The summed E-state index contributed by atoms with van der Waals surface area (Å²) in [5.41, 5.74) is 0.649. The first-order chi connectivity index (χ1) is 11.5. The Hall–Kier alpha value is -2.28. The number of likely N-dealkylation sites (tertiary alicyclic amines) is 1. The van der Waals surface area contributed by atoms with Crippen LogP contribution in [0.25, 0.3) is 0 Å². The van der Waals surface area contributed by atoms with Gasteiger partial charge in [0.1, 0.15) is 5.75 Å². The molecule has 7 heteroatoms. The fourth-order valence-electron chi connectivity index (χ4n) is 2.61. The maximum atomic E-state index is 12.3. The van der Waals surface area contributed by atoms with E-state index >= 15 is 0 Å². The quantitative estimate of drug-likeness (QED) is 0.677. The molecule has 1 N–H and O–H groups in total. The minimum atomic E-state index is -0.740. The van der Waals surface area contributed by atoms with Gasteiger partial charge in [0.25, 0.3) is 0 Å². The summed E-state index contributed by atoms with van der Waals surface area (Å²) in [4.78, 5) is 27.6. The van der Waals surface area contributed by atoms with Gasteiger partial charge < -0.3 is 24.6 Å². The monoisotopic (exact) mass is 335 g/mol. The van der Waals surface area contributed by atoms with E-state index in [4.69, 9.17) is 9.47 Å². The van der Waals surface area contributed by atoms with Crippen LogP contribution in [0.4, 0.5) is 15.3 Å². The third-order valence-corrected chi connectivity index (χ3v) is 4.13. The molecule has 1 fully saturated rings. The van der Waals surface area contributed by atoms with E-state index in [0.717, 1.165) is 25.9 Å². The number of piperidine rings is 1. The van der Waals surface area contributed by atoms with Crippen molar-refractivity contribution in [2.24, 2.45) is 0 Å². The molecule has 0 bridgehead atoms. The molecule has 0 unspecified atom stereocenters. The number of benzene rings is 1.